The highest BCUT2D eigenvalue weighted by Gasteiger charge is 2.29. The number of hydrogen-bond acceptors (Lipinski definition) is 4. The second kappa shape index (κ2) is 9.10. The number of rotatable bonds is 5. The molecule has 0 radical (unpaired) electrons. The SMILES string of the molecule is CC(C)c1ccc(-c2ncccc2N2CCN(S(=O)(=O)c3cccc(Br)c3)CC2)cc1. The lowest BCUT2D eigenvalue weighted by molar-refractivity contribution is 0.385. The largest absolute Gasteiger partial charge is 0.367 e. The molecule has 1 fully saturated rings. The van der Waals surface area contributed by atoms with Crippen LogP contribution in [0.1, 0.15) is 25.3 Å². The summed E-state index contributed by atoms with van der Waals surface area (Å²) in [5.74, 6) is 0.484. The van der Waals surface area contributed by atoms with Crippen molar-refractivity contribution in [1.29, 1.82) is 0 Å². The Labute approximate surface area is 192 Å². The van der Waals surface area contributed by atoms with Crippen LogP contribution in [0.5, 0.6) is 0 Å². The van der Waals surface area contributed by atoms with Crippen molar-refractivity contribution in [3.05, 3.63) is 76.9 Å². The van der Waals surface area contributed by atoms with Gasteiger partial charge >= 0.3 is 0 Å². The Kier molecular flexibility index (Phi) is 6.46. The Morgan fingerprint density at radius 2 is 1.65 bits per heavy atom. The molecular formula is C24H26BrN3O2S. The van der Waals surface area contributed by atoms with Gasteiger partial charge in [0.15, 0.2) is 0 Å². The molecule has 1 saturated heterocycles. The van der Waals surface area contributed by atoms with Gasteiger partial charge in [-0.2, -0.15) is 4.31 Å². The van der Waals surface area contributed by atoms with Crippen LogP contribution < -0.4 is 4.90 Å². The zero-order chi connectivity index (χ0) is 22.0. The Hall–Kier alpha value is -2.22. The van der Waals surface area contributed by atoms with Crippen molar-refractivity contribution in [1.82, 2.24) is 9.29 Å². The molecule has 0 saturated carbocycles. The summed E-state index contributed by atoms with van der Waals surface area (Å²) >= 11 is 3.36. The van der Waals surface area contributed by atoms with E-state index in [2.05, 4.69) is 70.0 Å². The Balaban J connectivity index is 1.53. The number of pyridine rings is 1. The van der Waals surface area contributed by atoms with E-state index < -0.39 is 10.0 Å². The predicted molar refractivity (Wildman–Crippen MR) is 129 cm³/mol. The second-order valence-electron chi connectivity index (χ2n) is 8.00. The first-order valence-corrected chi connectivity index (χ1v) is 12.7. The lowest BCUT2D eigenvalue weighted by Gasteiger charge is -2.36. The summed E-state index contributed by atoms with van der Waals surface area (Å²) in [6, 6.07) is 19.4. The van der Waals surface area contributed by atoms with Crippen molar-refractivity contribution in [2.45, 2.75) is 24.7 Å². The van der Waals surface area contributed by atoms with Gasteiger partial charge in [-0.25, -0.2) is 8.42 Å². The number of sulfonamides is 1. The molecule has 2 aromatic carbocycles. The molecule has 2 heterocycles. The van der Waals surface area contributed by atoms with E-state index in [-0.39, 0.29) is 0 Å². The minimum absolute atomic E-state index is 0.322. The number of piperazine rings is 1. The van der Waals surface area contributed by atoms with Gasteiger partial charge in [0.1, 0.15) is 0 Å². The normalized spacial score (nSPS) is 15.4. The van der Waals surface area contributed by atoms with Crippen LogP contribution in [0.25, 0.3) is 11.3 Å². The Bertz CT molecular complexity index is 1160. The van der Waals surface area contributed by atoms with Crippen molar-refractivity contribution >= 4 is 31.6 Å². The molecule has 31 heavy (non-hydrogen) atoms. The summed E-state index contributed by atoms with van der Waals surface area (Å²) in [4.78, 5) is 7.19. The van der Waals surface area contributed by atoms with Gasteiger partial charge in [0.2, 0.25) is 10.0 Å². The van der Waals surface area contributed by atoms with E-state index in [9.17, 15) is 8.42 Å². The number of benzene rings is 2. The standard InChI is InChI=1S/C24H26BrN3O2S/c1-18(2)19-8-10-20(11-9-19)24-23(7-4-12-26-24)27-13-15-28(16-14-27)31(29,30)22-6-3-5-21(25)17-22/h3-12,17-18H,13-16H2,1-2H3. The van der Waals surface area contributed by atoms with E-state index in [0.717, 1.165) is 21.4 Å². The summed E-state index contributed by atoms with van der Waals surface area (Å²) in [5, 5.41) is 0. The third-order valence-electron chi connectivity index (χ3n) is 5.65. The van der Waals surface area contributed by atoms with Gasteiger partial charge in [0, 0.05) is 42.4 Å². The van der Waals surface area contributed by atoms with Gasteiger partial charge < -0.3 is 4.90 Å². The fourth-order valence-electron chi connectivity index (χ4n) is 3.85. The average Bonchev–Trinajstić information content (AvgIpc) is 2.79. The molecule has 0 bridgehead atoms. The molecule has 0 amide bonds. The van der Waals surface area contributed by atoms with E-state index in [0.29, 0.717) is 37.0 Å². The average molecular weight is 500 g/mol. The highest BCUT2D eigenvalue weighted by atomic mass is 79.9. The van der Waals surface area contributed by atoms with Crippen LogP contribution in [0.4, 0.5) is 5.69 Å². The van der Waals surface area contributed by atoms with Crippen LogP contribution in [-0.4, -0.2) is 43.9 Å². The third-order valence-corrected chi connectivity index (χ3v) is 8.04. The molecule has 0 atom stereocenters. The van der Waals surface area contributed by atoms with E-state index in [1.165, 1.54) is 5.56 Å². The molecule has 0 spiro atoms. The molecule has 162 valence electrons. The highest BCUT2D eigenvalue weighted by molar-refractivity contribution is 9.10. The van der Waals surface area contributed by atoms with Gasteiger partial charge in [0.05, 0.1) is 16.3 Å². The molecule has 7 heteroatoms. The second-order valence-corrected chi connectivity index (χ2v) is 10.8. The Morgan fingerprint density at radius 1 is 0.935 bits per heavy atom. The van der Waals surface area contributed by atoms with Crippen LogP contribution >= 0.6 is 15.9 Å². The highest BCUT2D eigenvalue weighted by Crippen LogP contribution is 2.31. The van der Waals surface area contributed by atoms with Crippen LogP contribution in [-0.2, 0) is 10.0 Å². The van der Waals surface area contributed by atoms with E-state index in [1.807, 2.05) is 18.3 Å². The quantitative estimate of drug-likeness (QED) is 0.487. The molecule has 5 nitrogen and oxygen atoms in total. The van der Waals surface area contributed by atoms with E-state index in [4.69, 9.17) is 0 Å². The summed E-state index contributed by atoms with van der Waals surface area (Å²) < 4.78 is 28.4. The number of nitrogens with zero attached hydrogens (tertiary/aromatic N) is 3. The van der Waals surface area contributed by atoms with Crippen molar-refractivity contribution < 1.29 is 8.42 Å². The van der Waals surface area contributed by atoms with Gasteiger partial charge in [0.25, 0.3) is 0 Å². The number of aromatic nitrogens is 1. The van der Waals surface area contributed by atoms with Crippen molar-refractivity contribution in [2.24, 2.45) is 0 Å². The van der Waals surface area contributed by atoms with Gasteiger partial charge in [-0.3, -0.25) is 4.98 Å². The number of anilines is 1. The summed E-state index contributed by atoms with van der Waals surface area (Å²) in [7, 11) is -3.50. The fourth-order valence-corrected chi connectivity index (χ4v) is 5.87. The number of hydrogen-bond donors (Lipinski definition) is 0. The van der Waals surface area contributed by atoms with Crippen LogP contribution in [0.15, 0.2) is 76.2 Å². The third kappa shape index (κ3) is 4.68. The lowest BCUT2D eigenvalue weighted by Crippen LogP contribution is -2.48. The van der Waals surface area contributed by atoms with Crippen LogP contribution in [0.3, 0.4) is 0 Å². The van der Waals surface area contributed by atoms with Crippen LogP contribution in [0, 0.1) is 0 Å². The molecule has 1 aliphatic heterocycles. The molecular weight excluding hydrogens is 474 g/mol. The minimum Gasteiger partial charge on any atom is -0.367 e. The minimum atomic E-state index is -3.50. The zero-order valence-electron chi connectivity index (χ0n) is 17.7. The van der Waals surface area contributed by atoms with E-state index >= 15 is 0 Å². The predicted octanol–water partition coefficient (Wildman–Crippen LogP) is 5.15. The first-order valence-electron chi connectivity index (χ1n) is 10.4. The zero-order valence-corrected chi connectivity index (χ0v) is 20.1. The maximum absolute atomic E-state index is 13.0. The van der Waals surface area contributed by atoms with Crippen molar-refractivity contribution in [3.8, 4) is 11.3 Å². The molecule has 1 aromatic heterocycles. The fraction of sp³-hybridized carbons (Fsp3) is 0.292. The van der Waals surface area contributed by atoms with Crippen LogP contribution in [0.2, 0.25) is 0 Å². The molecule has 1 aliphatic rings. The smallest absolute Gasteiger partial charge is 0.243 e. The van der Waals surface area contributed by atoms with Crippen molar-refractivity contribution in [3.63, 3.8) is 0 Å². The first-order chi connectivity index (χ1) is 14.9. The maximum Gasteiger partial charge on any atom is 0.243 e. The van der Waals surface area contributed by atoms with Gasteiger partial charge in [-0.1, -0.05) is 60.1 Å². The summed E-state index contributed by atoms with van der Waals surface area (Å²) in [6.45, 7) is 6.49. The molecule has 4 rings (SSSR count). The summed E-state index contributed by atoms with van der Waals surface area (Å²) in [6.07, 6.45) is 1.81. The lowest BCUT2D eigenvalue weighted by atomic mass is 10.00. The monoisotopic (exact) mass is 499 g/mol. The molecule has 3 aromatic rings. The molecule has 0 unspecified atom stereocenters. The molecule has 0 N–H and O–H groups in total. The molecule has 0 aliphatic carbocycles. The maximum atomic E-state index is 13.0. The van der Waals surface area contributed by atoms with Gasteiger partial charge in [-0.05, 0) is 41.8 Å². The van der Waals surface area contributed by atoms with Gasteiger partial charge in [-0.15, -0.1) is 0 Å². The summed E-state index contributed by atoms with van der Waals surface area (Å²) in [5.41, 5.74) is 4.34. The van der Waals surface area contributed by atoms with Crippen molar-refractivity contribution in [2.75, 3.05) is 31.1 Å². The number of halogens is 1. The first kappa shape index (κ1) is 22.0. The van der Waals surface area contributed by atoms with E-state index in [1.54, 1.807) is 22.5 Å². The Morgan fingerprint density at radius 3 is 2.29 bits per heavy atom. The topological polar surface area (TPSA) is 53.5 Å².